The quantitative estimate of drug-likeness (QED) is 0.873. The molecule has 2 saturated carbocycles. The van der Waals surface area contributed by atoms with Crippen LogP contribution in [0.15, 0.2) is 12.1 Å². The van der Waals surface area contributed by atoms with E-state index in [4.69, 9.17) is 9.84 Å². The van der Waals surface area contributed by atoms with Crippen LogP contribution in [0.5, 0.6) is 5.75 Å². The van der Waals surface area contributed by atoms with Crippen molar-refractivity contribution in [1.82, 2.24) is 0 Å². The minimum absolute atomic E-state index is 0.0938. The van der Waals surface area contributed by atoms with Crippen LogP contribution in [0.3, 0.4) is 0 Å². The van der Waals surface area contributed by atoms with Gasteiger partial charge in [-0.2, -0.15) is 0 Å². The Hall–Kier alpha value is -1.58. The summed E-state index contributed by atoms with van der Waals surface area (Å²) in [6, 6.07) is 2.97. The van der Waals surface area contributed by atoms with Gasteiger partial charge in [0, 0.05) is 5.56 Å². The zero-order valence-electron chi connectivity index (χ0n) is 13.2. The van der Waals surface area contributed by atoms with Gasteiger partial charge in [0.1, 0.15) is 11.6 Å². The van der Waals surface area contributed by atoms with Gasteiger partial charge >= 0.3 is 5.97 Å². The molecular weight excluding hydrogens is 283 g/mol. The van der Waals surface area contributed by atoms with Gasteiger partial charge in [0.2, 0.25) is 0 Å². The molecule has 2 aliphatic carbocycles. The standard InChI is InChI=1S/C18H23FO3/c1-18(2)9-3-4-12(10-18)22-14-8-7-13(17(20)21)16(19)15(14)11-5-6-11/h7-8,11-12H,3-6,9-10H2,1-2H3,(H,20,21). The Morgan fingerprint density at radius 3 is 2.64 bits per heavy atom. The van der Waals surface area contributed by atoms with Gasteiger partial charge < -0.3 is 9.84 Å². The molecule has 2 fully saturated rings. The van der Waals surface area contributed by atoms with E-state index >= 15 is 0 Å². The summed E-state index contributed by atoms with van der Waals surface area (Å²) in [5.41, 5.74) is 0.476. The Morgan fingerprint density at radius 2 is 2.05 bits per heavy atom. The van der Waals surface area contributed by atoms with Crippen molar-refractivity contribution in [2.45, 2.75) is 64.4 Å². The van der Waals surface area contributed by atoms with E-state index in [0.29, 0.717) is 11.3 Å². The van der Waals surface area contributed by atoms with Crippen LogP contribution in [0.25, 0.3) is 0 Å². The predicted molar refractivity (Wildman–Crippen MR) is 82.0 cm³/mol. The van der Waals surface area contributed by atoms with Gasteiger partial charge in [-0.15, -0.1) is 0 Å². The molecule has 2 aliphatic rings. The number of hydrogen-bond acceptors (Lipinski definition) is 2. The van der Waals surface area contributed by atoms with Gasteiger partial charge in [-0.25, -0.2) is 9.18 Å². The maximum atomic E-state index is 14.5. The fraction of sp³-hybridized carbons (Fsp3) is 0.611. The molecule has 1 unspecified atom stereocenters. The van der Waals surface area contributed by atoms with Crippen LogP contribution in [0.4, 0.5) is 4.39 Å². The first-order valence-corrected chi connectivity index (χ1v) is 8.10. The summed E-state index contributed by atoms with van der Waals surface area (Å²) in [4.78, 5) is 11.1. The molecule has 0 spiro atoms. The van der Waals surface area contributed by atoms with Crippen LogP contribution in [-0.2, 0) is 0 Å². The zero-order chi connectivity index (χ0) is 15.9. The van der Waals surface area contributed by atoms with E-state index in [1.807, 2.05) is 0 Å². The monoisotopic (exact) mass is 306 g/mol. The third-order valence-electron chi connectivity index (χ3n) is 4.81. The second kappa shape index (κ2) is 5.56. The molecule has 0 saturated heterocycles. The topological polar surface area (TPSA) is 46.5 Å². The second-order valence-corrected chi connectivity index (χ2v) is 7.42. The Balaban J connectivity index is 1.87. The third kappa shape index (κ3) is 3.11. The van der Waals surface area contributed by atoms with E-state index < -0.39 is 11.8 Å². The Morgan fingerprint density at radius 1 is 1.32 bits per heavy atom. The van der Waals surface area contributed by atoms with Gasteiger partial charge in [0.05, 0.1) is 11.7 Å². The van der Waals surface area contributed by atoms with Crippen molar-refractivity contribution in [3.05, 3.63) is 29.1 Å². The minimum Gasteiger partial charge on any atom is -0.490 e. The Labute approximate surface area is 130 Å². The molecule has 0 heterocycles. The third-order valence-corrected chi connectivity index (χ3v) is 4.81. The van der Waals surface area contributed by atoms with E-state index in [1.165, 1.54) is 12.5 Å². The molecule has 4 heteroatoms. The maximum Gasteiger partial charge on any atom is 0.338 e. The van der Waals surface area contributed by atoms with E-state index in [0.717, 1.165) is 32.1 Å². The van der Waals surface area contributed by atoms with Crippen LogP contribution in [0.1, 0.15) is 74.2 Å². The molecule has 1 atom stereocenters. The molecule has 1 aromatic carbocycles. The normalized spacial score (nSPS) is 24.0. The van der Waals surface area contributed by atoms with Gasteiger partial charge in [0.15, 0.2) is 0 Å². The van der Waals surface area contributed by atoms with Crippen LogP contribution < -0.4 is 4.74 Å². The molecule has 1 aromatic rings. The average Bonchev–Trinajstić information content (AvgIpc) is 3.21. The number of carboxylic acids is 1. The minimum atomic E-state index is -1.22. The predicted octanol–water partition coefficient (Wildman–Crippen LogP) is 4.75. The van der Waals surface area contributed by atoms with Crippen molar-refractivity contribution >= 4 is 5.97 Å². The number of hydrogen-bond donors (Lipinski definition) is 1. The SMILES string of the molecule is CC1(C)CCCC(Oc2ccc(C(=O)O)c(F)c2C2CC2)C1. The number of aromatic carboxylic acids is 1. The highest BCUT2D eigenvalue weighted by Gasteiger charge is 2.34. The van der Waals surface area contributed by atoms with Crippen molar-refractivity contribution in [1.29, 1.82) is 0 Å². The smallest absolute Gasteiger partial charge is 0.338 e. The van der Waals surface area contributed by atoms with Gasteiger partial charge in [-0.1, -0.05) is 13.8 Å². The number of rotatable bonds is 4. The number of halogens is 1. The molecule has 0 bridgehead atoms. The lowest BCUT2D eigenvalue weighted by Gasteiger charge is -2.35. The molecule has 22 heavy (non-hydrogen) atoms. The first-order chi connectivity index (χ1) is 10.4. The van der Waals surface area contributed by atoms with E-state index in [9.17, 15) is 9.18 Å². The molecule has 120 valence electrons. The largest absolute Gasteiger partial charge is 0.490 e. The van der Waals surface area contributed by atoms with Crippen LogP contribution in [0, 0.1) is 11.2 Å². The van der Waals surface area contributed by atoms with Crippen LogP contribution in [0.2, 0.25) is 0 Å². The van der Waals surface area contributed by atoms with Crippen molar-refractivity contribution in [2.24, 2.45) is 5.41 Å². The number of benzene rings is 1. The molecule has 3 nitrogen and oxygen atoms in total. The molecule has 0 aliphatic heterocycles. The number of ether oxygens (including phenoxy) is 1. The van der Waals surface area contributed by atoms with Gasteiger partial charge in [-0.05, 0) is 62.0 Å². The summed E-state index contributed by atoms with van der Waals surface area (Å²) in [6.45, 7) is 4.47. The maximum absolute atomic E-state index is 14.5. The van der Waals surface area contributed by atoms with Crippen molar-refractivity contribution in [3.63, 3.8) is 0 Å². The van der Waals surface area contributed by atoms with Crippen molar-refractivity contribution < 1.29 is 19.0 Å². The second-order valence-electron chi connectivity index (χ2n) is 7.42. The van der Waals surface area contributed by atoms with Gasteiger partial charge in [0.25, 0.3) is 0 Å². The van der Waals surface area contributed by atoms with Crippen LogP contribution in [-0.4, -0.2) is 17.2 Å². The number of carbonyl (C=O) groups is 1. The van der Waals surface area contributed by atoms with E-state index in [1.54, 1.807) is 6.07 Å². The fourth-order valence-electron chi connectivity index (χ4n) is 3.50. The Bertz CT molecular complexity index is 590. The highest BCUT2D eigenvalue weighted by molar-refractivity contribution is 5.88. The molecule has 0 aromatic heterocycles. The summed E-state index contributed by atoms with van der Waals surface area (Å²) in [5.74, 6) is -1.16. The average molecular weight is 306 g/mol. The summed E-state index contributed by atoms with van der Waals surface area (Å²) < 4.78 is 20.6. The molecule has 3 rings (SSSR count). The zero-order valence-corrected chi connectivity index (χ0v) is 13.2. The number of carboxylic acid groups (broad SMARTS) is 1. The van der Waals surface area contributed by atoms with E-state index in [-0.39, 0.29) is 23.0 Å². The summed E-state index contributed by atoms with van der Waals surface area (Å²) in [7, 11) is 0. The summed E-state index contributed by atoms with van der Waals surface area (Å²) in [6.07, 6.45) is 6.16. The highest BCUT2D eigenvalue weighted by atomic mass is 19.1. The lowest BCUT2D eigenvalue weighted by Crippen LogP contribution is -2.30. The fourth-order valence-corrected chi connectivity index (χ4v) is 3.50. The first-order valence-electron chi connectivity index (χ1n) is 8.10. The van der Waals surface area contributed by atoms with E-state index in [2.05, 4.69) is 13.8 Å². The van der Waals surface area contributed by atoms with Crippen LogP contribution >= 0.6 is 0 Å². The lowest BCUT2D eigenvalue weighted by atomic mass is 9.76. The van der Waals surface area contributed by atoms with Crippen molar-refractivity contribution in [2.75, 3.05) is 0 Å². The molecule has 1 N–H and O–H groups in total. The highest BCUT2D eigenvalue weighted by Crippen LogP contribution is 2.47. The lowest BCUT2D eigenvalue weighted by molar-refractivity contribution is 0.0691. The summed E-state index contributed by atoms with van der Waals surface area (Å²) in [5, 5.41) is 9.09. The summed E-state index contributed by atoms with van der Waals surface area (Å²) >= 11 is 0. The molecular formula is C18H23FO3. The van der Waals surface area contributed by atoms with Crippen molar-refractivity contribution in [3.8, 4) is 5.75 Å². The first kappa shape index (κ1) is 15.3. The molecule has 0 radical (unpaired) electrons. The molecule has 0 amide bonds. The Kier molecular flexibility index (Phi) is 3.87. The van der Waals surface area contributed by atoms with Gasteiger partial charge in [-0.3, -0.25) is 0 Å².